The summed E-state index contributed by atoms with van der Waals surface area (Å²) in [6.07, 6.45) is 0. The monoisotopic (exact) mass is 267 g/mol. The number of benzene rings is 1. The first-order valence-corrected chi connectivity index (χ1v) is 6.76. The van der Waals surface area contributed by atoms with Crippen LogP contribution in [0.4, 0.5) is 0 Å². The number of ether oxygens (including phenoxy) is 2. The molecule has 4 heteroatoms. The van der Waals surface area contributed by atoms with Crippen molar-refractivity contribution in [1.82, 2.24) is 4.90 Å². The highest BCUT2D eigenvalue weighted by Gasteiger charge is 2.11. The summed E-state index contributed by atoms with van der Waals surface area (Å²) in [5.41, 5.74) is 1.13. The van der Waals surface area contributed by atoms with E-state index in [1.54, 1.807) is 13.2 Å². The largest absolute Gasteiger partial charge is 0.504 e. The van der Waals surface area contributed by atoms with Gasteiger partial charge < -0.3 is 14.6 Å². The number of methoxy groups -OCH3 is 1. The maximum Gasteiger partial charge on any atom is 0.161 e. The third-order valence-electron chi connectivity index (χ3n) is 3.02. The van der Waals surface area contributed by atoms with Gasteiger partial charge in [0.05, 0.1) is 13.2 Å². The van der Waals surface area contributed by atoms with Gasteiger partial charge in [0.15, 0.2) is 11.5 Å². The fourth-order valence-corrected chi connectivity index (χ4v) is 1.89. The lowest BCUT2D eigenvalue weighted by atomic mass is 10.1. The van der Waals surface area contributed by atoms with Gasteiger partial charge in [0.1, 0.15) is 0 Å². The Morgan fingerprint density at radius 2 is 2.05 bits per heavy atom. The zero-order valence-corrected chi connectivity index (χ0v) is 12.3. The number of hydrogen-bond donors (Lipinski definition) is 1. The average Bonchev–Trinajstić information content (AvgIpc) is 2.38. The summed E-state index contributed by atoms with van der Waals surface area (Å²) in [6.45, 7) is 9.22. The molecule has 0 atom stereocenters. The number of rotatable bonds is 8. The Bertz CT molecular complexity index is 380. The molecule has 0 heterocycles. The van der Waals surface area contributed by atoms with Crippen LogP contribution in [0.25, 0.3) is 0 Å². The molecule has 0 bridgehead atoms. The maximum atomic E-state index is 9.69. The molecule has 0 aliphatic carbocycles. The van der Waals surface area contributed by atoms with Crippen LogP contribution in [0.2, 0.25) is 0 Å². The molecule has 0 aliphatic rings. The highest BCUT2D eigenvalue weighted by atomic mass is 16.5. The molecule has 1 aromatic carbocycles. The quantitative estimate of drug-likeness (QED) is 0.786. The standard InChI is InChI=1S/C15H25NO3/c1-5-19-15-10-13(6-7-14(15)17)11-16(12(2)3)8-9-18-4/h6-7,10,12,17H,5,8-9,11H2,1-4H3. The van der Waals surface area contributed by atoms with E-state index in [1.807, 2.05) is 19.1 Å². The molecule has 0 unspecified atom stereocenters. The van der Waals surface area contributed by atoms with E-state index in [9.17, 15) is 5.11 Å². The SMILES string of the molecule is CCOc1cc(CN(CCOC)C(C)C)ccc1O. The fourth-order valence-electron chi connectivity index (χ4n) is 1.89. The van der Waals surface area contributed by atoms with Gasteiger partial charge in [0, 0.05) is 26.2 Å². The third-order valence-corrected chi connectivity index (χ3v) is 3.02. The summed E-state index contributed by atoms with van der Waals surface area (Å²) in [7, 11) is 1.71. The molecule has 0 fully saturated rings. The first-order valence-electron chi connectivity index (χ1n) is 6.76. The predicted octanol–water partition coefficient (Wildman–Crippen LogP) is 2.65. The second kappa shape index (κ2) is 8.02. The first kappa shape index (κ1) is 15.8. The second-order valence-electron chi connectivity index (χ2n) is 4.79. The van der Waals surface area contributed by atoms with Crippen LogP contribution in [0.15, 0.2) is 18.2 Å². The minimum atomic E-state index is 0.193. The molecule has 0 spiro atoms. The van der Waals surface area contributed by atoms with Gasteiger partial charge in [0.25, 0.3) is 0 Å². The molecule has 1 rings (SSSR count). The van der Waals surface area contributed by atoms with Crippen LogP contribution in [0.1, 0.15) is 26.3 Å². The number of hydrogen-bond acceptors (Lipinski definition) is 4. The average molecular weight is 267 g/mol. The summed E-state index contributed by atoms with van der Waals surface area (Å²) in [5.74, 6) is 0.744. The highest BCUT2D eigenvalue weighted by molar-refractivity contribution is 5.41. The highest BCUT2D eigenvalue weighted by Crippen LogP contribution is 2.27. The van der Waals surface area contributed by atoms with Gasteiger partial charge in [-0.15, -0.1) is 0 Å². The van der Waals surface area contributed by atoms with Crippen LogP contribution in [0.3, 0.4) is 0 Å². The van der Waals surface area contributed by atoms with Crippen molar-refractivity contribution < 1.29 is 14.6 Å². The molecule has 4 nitrogen and oxygen atoms in total. The molecule has 0 saturated heterocycles. The number of aromatic hydroxyl groups is 1. The lowest BCUT2D eigenvalue weighted by Gasteiger charge is -2.26. The summed E-state index contributed by atoms with van der Waals surface area (Å²) in [6, 6.07) is 5.97. The molecule has 0 saturated carbocycles. The van der Waals surface area contributed by atoms with Crippen LogP contribution < -0.4 is 4.74 Å². The lowest BCUT2D eigenvalue weighted by molar-refractivity contribution is 0.125. The van der Waals surface area contributed by atoms with Crippen molar-refractivity contribution in [3.05, 3.63) is 23.8 Å². The maximum absolute atomic E-state index is 9.69. The van der Waals surface area contributed by atoms with Crippen molar-refractivity contribution in [3.8, 4) is 11.5 Å². The molecule has 108 valence electrons. The Morgan fingerprint density at radius 3 is 2.63 bits per heavy atom. The Kier molecular flexibility index (Phi) is 6.67. The smallest absolute Gasteiger partial charge is 0.161 e. The molecule has 1 N–H and O–H groups in total. The molecule has 1 aromatic rings. The minimum absolute atomic E-state index is 0.193. The van der Waals surface area contributed by atoms with Crippen molar-refractivity contribution >= 4 is 0 Å². The van der Waals surface area contributed by atoms with Gasteiger partial charge in [0.2, 0.25) is 0 Å². The van der Waals surface area contributed by atoms with Crippen LogP contribution in [0, 0.1) is 0 Å². The van der Waals surface area contributed by atoms with Gasteiger partial charge >= 0.3 is 0 Å². The third kappa shape index (κ3) is 5.09. The van der Waals surface area contributed by atoms with E-state index in [1.165, 1.54) is 0 Å². The Labute approximate surface area is 115 Å². The van der Waals surface area contributed by atoms with Gasteiger partial charge in [-0.2, -0.15) is 0 Å². The number of nitrogens with zero attached hydrogens (tertiary/aromatic N) is 1. The molecule has 0 aromatic heterocycles. The number of phenols is 1. The predicted molar refractivity (Wildman–Crippen MR) is 76.7 cm³/mol. The van der Waals surface area contributed by atoms with E-state index in [2.05, 4.69) is 18.7 Å². The van der Waals surface area contributed by atoms with E-state index in [-0.39, 0.29) is 5.75 Å². The van der Waals surface area contributed by atoms with Gasteiger partial charge in [-0.05, 0) is 38.5 Å². The Morgan fingerprint density at radius 1 is 1.32 bits per heavy atom. The summed E-state index contributed by atoms with van der Waals surface area (Å²) < 4.78 is 10.5. The van der Waals surface area contributed by atoms with E-state index < -0.39 is 0 Å². The van der Waals surface area contributed by atoms with E-state index in [4.69, 9.17) is 9.47 Å². The molecule has 0 aliphatic heterocycles. The van der Waals surface area contributed by atoms with Crippen molar-refractivity contribution in [1.29, 1.82) is 0 Å². The minimum Gasteiger partial charge on any atom is -0.504 e. The van der Waals surface area contributed by atoms with Gasteiger partial charge in [-0.25, -0.2) is 0 Å². The van der Waals surface area contributed by atoms with Crippen LogP contribution >= 0.6 is 0 Å². The van der Waals surface area contributed by atoms with Crippen LogP contribution in [-0.4, -0.2) is 42.9 Å². The van der Waals surface area contributed by atoms with E-state index in [0.29, 0.717) is 25.0 Å². The van der Waals surface area contributed by atoms with Crippen molar-refractivity contribution in [2.75, 3.05) is 26.9 Å². The molecule has 19 heavy (non-hydrogen) atoms. The number of phenolic OH excluding ortho intramolecular Hbond substituents is 1. The van der Waals surface area contributed by atoms with E-state index in [0.717, 1.165) is 18.7 Å². The van der Waals surface area contributed by atoms with Crippen molar-refractivity contribution in [2.45, 2.75) is 33.4 Å². The topological polar surface area (TPSA) is 41.9 Å². The lowest BCUT2D eigenvalue weighted by Crippen LogP contribution is -2.33. The Balaban J connectivity index is 2.75. The van der Waals surface area contributed by atoms with Crippen LogP contribution in [-0.2, 0) is 11.3 Å². The van der Waals surface area contributed by atoms with Crippen molar-refractivity contribution in [2.24, 2.45) is 0 Å². The molecular weight excluding hydrogens is 242 g/mol. The second-order valence-corrected chi connectivity index (χ2v) is 4.79. The summed E-state index contributed by atoms with van der Waals surface area (Å²) in [4.78, 5) is 2.33. The zero-order chi connectivity index (χ0) is 14.3. The molecule has 0 amide bonds. The Hall–Kier alpha value is -1.26. The zero-order valence-electron chi connectivity index (χ0n) is 12.3. The summed E-state index contributed by atoms with van der Waals surface area (Å²) in [5, 5.41) is 9.69. The van der Waals surface area contributed by atoms with Crippen molar-refractivity contribution in [3.63, 3.8) is 0 Å². The van der Waals surface area contributed by atoms with E-state index >= 15 is 0 Å². The summed E-state index contributed by atoms with van der Waals surface area (Å²) >= 11 is 0. The molecule has 0 radical (unpaired) electrons. The van der Waals surface area contributed by atoms with Gasteiger partial charge in [-0.3, -0.25) is 4.90 Å². The fraction of sp³-hybridized carbons (Fsp3) is 0.600. The van der Waals surface area contributed by atoms with Gasteiger partial charge in [-0.1, -0.05) is 6.07 Å². The van der Waals surface area contributed by atoms with Crippen LogP contribution in [0.5, 0.6) is 11.5 Å². The normalized spacial score (nSPS) is 11.3. The first-order chi connectivity index (χ1) is 9.08. The molecular formula is C15H25NO3.